The van der Waals surface area contributed by atoms with Gasteiger partial charge in [0.1, 0.15) is 6.04 Å². The van der Waals surface area contributed by atoms with Crippen molar-refractivity contribution in [2.75, 3.05) is 18.7 Å². The van der Waals surface area contributed by atoms with Gasteiger partial charge in [-0.1, -0.05) is 11.8 Å². The summed E-state index contributed by atoms with van der Waals surface area (Å²) in [6.07, 6.45) is 2.01. The van der Waals surface area contributed by atoms with Gasteiger partial charge in [0.05, 0.1) is 17.3 Å². The second-order valence-electron chi connectivity index (χ2n) is 3.76. The summed E-state index contributed by atoms with van der Waals surface area (Å²) < 4.78 is 6.84. The molecule has 2 aromatic rings. The number of carbonyl (C=O) groups is 1. The molecule has 0 saturated heterocycles. The molecule has 1 aromatic carbocycles. The molecular weight excluding hydrogens is 268 g/mol. The first-order chi connectivity index (χ1) is 8.63. The van der Waals surface area contributed by atoms with E-state index in [1.807, 2.05) is 24.5 Å². The lowest BCUT2D eigenvalue weighted by Gasteiger charge is -2.12. The van der Waals surface area contributed by atoms with Gasteiger partial charge in [-0.25, -0.2) is 9.78 Å². The highest BCUT2D eigenvalue weighted by atomic mass is 32.2. The Bertz CT molecular complexity index is 568. The van der Waals surface area contributed by atoms with Crippen LogP contribution in [0.1, 0.15) is 6.92 Å². The normalized spacial score (nSPS) is 12.4. The Morgan fingerprint density at radius 1 is 1.56 bits per heavy atom. The Labute approximate surface area is 114 Å². The van der Waals surface area contributed by atoms with Gasteiger partial charge in [0.2, 0.25) is 0 Å². The third kappa shape index (κ3) is 2.76. The highest BCUT2D eigenvalue weighted by Crippen LogP contribution is 2.30. The number of rotatable bonds is 4. The van der Waals surface area contributed by atoms with E-state index in [9.17, 15) is 4.79 Å². The quantitative estimate of drug-likeness (QED) is 0.690. The van der Waals surface area contributed by atoms with E-state index in [1.165, 1.54) is 7.11 Å². The third-order valence-electron chi connectivity index (χ3n) is 2.48. The lowest BCUT2D eigenvalue weighted by atomic mass is 10.2. The monoisotopic (exact) mass is 282 g/mol. The first kappa shape index (κ1) is 13.2. The number of ether oxygens (including phenoxy) is 1. The summed E-state index contributed by atoms with van der Waals surface area (Å²) >= 11 is 3.28. The van der Waals surface area contributed by atoms with Crippen molar-refractivity contribution in [3.63, 3.8) is 0 Å². The van der Waals surface area contributed by atoms with Crippen LogP contribution in [0.2, 0.25) is 0 Å². The predicted molar refractivity (Wildman–Crippen MR) is 76.5 cm³/mol. The van der Waals surface area contributed by atoms with Crippen LogP contribution in [-0.2, 0) is 9.53 Å². The van der Waals surface area contributed by atoms with Gasteiger partial charge in [-0.05, 0) is 31.4 Å². The summed E-state index contributed by atoms with van der Waals surface area (Å²) in [5.41, 5.74) is 1.89. The molecule has 6 heteroatoms. The molecule has 96 valence electrons. The summed E-state index contributed by atoms with van der Waals surface area (Å²) in [4.78, 5) is 15.8. The van der Waals surface area contributed by atoms with E-state index in [0.717, 1.165) is 20.2 Å². The average molecular weight is 282 g/mol. The zero-order chi connectivity index (χ0) is 13.1. The Morgan fingerprint density at radius 2 is 2.33 bits per heavy atom. The molecule has 0 bridgehead atoms. The van der Waals surface area contributed by atoms with Crippen LogP contribution in [0.15, 0.2) is 22.5 Å². The van der Waals surface area contributed by atoms with Crippen molar-refractivity contribution in [1.82, 2.24) is 4.98 Å². The van der Waals surface area contributed by atoms with Crippen LogP contribution in [0.3, 0.4) is 0 Å². The average Bonchev–Trinajstić information content (AvgIpc) is 2.79. The van der Waals surface area contributed by atoms with Crippen LogP contribution >= 0.6 is 23.1 Å². The molecule has 0 radical (unpaired) electrons. The SMILES string of the molecule is COC(=O)C(C)Nc1ccc2nc(SC)sc2c1. The summed E-state index contributed by atoms with van der Waals surface area (Å²) in [6.45, 7) is 1.77. The number of hydrogen-bond acceptors (Lipinski definition) is 6. The van der Waals surface area contributed by atoms with Crippen molar-refractivity contribution in [1.29, 1.82) is 0 Å². The predicted octanol–water partition coefficient (Wildman–Crippen LogP) is 2.99. The molecule has 0 fully saturated rings. The van der Waals surface area contributed by atoms with Crippen LogP contribution in [0.25, 0.3) is 10.2 Å². The zero-order valence-corrected chi connectivity index (χ0v) is 12.0. The lowest BCUT2D eigenvalue weighted by Crippen LogP contribution is -2.27. The molecule has 1 unspecified atom stereocenters. The van der Waals surface area contributed by atoms with Crippen LogP contribution < -0.4 is 5.32 Å². The number of methoxy groups -OCH3 is 1. The van der Waals surface area contributed by atoms with Gasteiger partial charge in [0, 0.05) is 5.69 Å². The number of hydrogen-bond donors (Lipinski definition) is 1. The number of anilines is 1. The van der Waals surface area contributed by atoms with Crippen molar-refractivity contribution in [2.24, 2.45) is 0 Å². The van der Waals surface area contributed by atoms with Crippen LogP contribution in [0.4, 0.5) is 5.69 Å². The molecule has 0 amide bonds. The second-order valence-corrected chi connectivity index (χ2v) is 5.84. The molecule has 1 atom stereocenters. The first-order valence-electron chi connectivity index (χ1n) is 5.43. The van der Waals surface area contributed by atoms with E-state index >= 15 is 0 Å². The van der Waals surface area contributed by atoms with E-state index < -0.39 is 0 Å². The number of aromatic nitrogens is 1. The smallest absolute Gasteiger partial charge is 0.327 e. The molecule has 1 aromatic heterocycles. The van der Waals surface area contributed by atoms with Crippen LogP contribution in [0, 0.1) is 0 Å². The van der Waals surface area contributed by atoms with Gasteiger partial charge in [-0.2, -0.15) is 0 Å². The van der Waals surface area contributed by atoms with Gasteiger partial charge < -0.3 is 10.1 Å². The van der Waals surface area contributed by atoms with E-state index in [0.29, 0.717) is 0 Å². The third-order valence-corrected chi connectivity index (χ3v) is 4.48. The number of fused-ring (bicyclic) bond motifs is 1. The largest absolute Gasteiger partial charge is 0.467 e. The maximum absolute atomic E-state index is 11.3. The molecule has 4 nitrogen and oxygen atoms in total. The Morgan fingerprint density at radius 3 is 3.00 bits per heavy atom. The number of carbonyl (C=O) groups excluding carboxylic acids is 1. The van der Waals surface area contributed by atoms with Gasteiger partial charge in [0.15, 0.2) is 4.34 Å². The summed E-state index contributed by atoms with van der Waals surface area (Å²) in [5, 5.41) is 3.11. The van der Waals surface area contributed by atoms with E-state index in [-0.39, 0.29) is 12.0 Å². The molecule has 0 spiro atoms. The highest BCUT2D eigenvalue weighted by Gasteiger charge is 2.13. The number of thioether (sulfide) groups is 1. The fraction of sp³-hybridized carbons (Fsp3) is 0.333. The number of nitrogens with zero attached hydrogens (tertiary/aromatic N) is 1. The van der Waals surface area contributed by atoms with Crippen molar-refractivity contribution < 1.29 is 9.53 Å². The number of esters is 1. The molecular formula is C12H14N2O2S2. The van der Waals surface area contributed by atoms with Crippen molar-refractivity contribution in [2.45, 2.75) is 17.3 Å². The van der Waals surface area contributed by atoms with Crippen LogP contribution in [-0.4, -0.2) is 30.4 Å². The fourth-order valence-electron chi connectivity index (χ4n) is 1.57. The standard InChI is InChI=1S/C12H14N2O2S2/c1-7(11(15)16-2)13-8-4-5-9-10(6-8)18-12(14-9)17-3/h4-7,13H,1-3H3. The molecule has 0 aliphatic carbocycles. The Balaban J connectivity index is 2.21. The van der Waals surface area contributed by atoms with E-state index in [4.69, 9.17) is 0 Å². The maximum Gasteiger partial charge on any atom is 0.327 e. The lowest BCUT2D eigenvalue weighted by molar-refractivity contribution is -0.141. The minimum absolute atomic E-state index is 0.274. The number of nitrogens with one attached hydrogen (secondary N) is 1. The van der Waals surface area contributed by atoms with Gasteiger partial charge in [-0.3, -0.25) is 0 Å². The van der Waals surface area contributed by atoms with Gasteiger partial charge in [-0.15, -0.1) is 11.3 Å². The minimum Gasteiger partial charge on any atom is -0.467 e. The number of benzene rings is 1. The van der Waals surface area contributed by atoms with E-state index in [1.54, 1.807) is 30.0 Å². The van der Waals surface area contributed by atoms with Gasteiger partial charge in [0.25, 0.3) is 0 Å². The first-order valence-corrected chi connectivity index (χ1v) is 7.47. The second kappa shape index (κ2) is 5.58. The Kier molecular flexibility index (Phi) is 4.08. The maximum atomic E-state index is 11.3. The summed E-state index contributed by atoms with van der Waals surface area (Å²) in [7, 11) is 1.39. The number of thiazole rings is 1. The summed E-state index contributed by atoms with van der Waals surface area (Å²) in [5.74, 6) is -0.274. The van der Waals surface area contributed by atoms with E-state index in [2.05, 4.69) is 15.0 Å². The topological polar surface area (TPSA) is 51.2 Å². The molecule has 0 aliphatic rings. The molecule has 18 heavy (non-hydrogen) atoms. The van der Waals surface area contributed by atoms with Crippen molar-refractivity contribution in [3.05, 3.63) is 18.2 Å². The summed E-state index contributed by atoms with van der Waals surface area (Å²) in [6, 6.07) is 5.52. The highest BCUT2D eigenvalue weighted by molar-refractivity contribution is 8.00. The van der Waals surface area contributed by atoms with Crippen molar-refractivity contribution >= 4 is 45.0 Å². The van der Waals surface area contributed by atoms with Crippen LogP contribution in [0.5, 0.6) is 0 Å². The zero-order valence-electron chi connectivity index (χ0n) is 10.4. The molecule has 1 heterocycles. The molecule has 2 rings (SSSR count). The minimum atomic E-state index is -0.361. The molecule has 1 N–H and O–H groups in total. The van der Waals surface area contributed by atoms with Crippen molar-refractivity contribution in [3.8, 4) is 0 Å². The molecule has 0 saturated carbocycles. The van der Waals surface area contributed by atoms with Gasteiger partial charge >= 0.3 is 5.97 Å². The Hall–Kier alpha value is -1.27. The fourth-order valence-corrected chi connectivity index (χ4v) is 3.09. The molecule has 0 aliphatic heterocycles.